The van der Waals surface area contributed by atoms with Gasteiger partial charge in [-0.15, -0.1) is 11.8 Å². The van der Waals surface area contributed by atoms with Crippen molar-refractivity contribution in [2.75, 3.05) is 31.1 Å². The Morgan fingerprint density at radius 1 is 1.09 bits per heavy atom. The normalized spacial score (nSPS) is 10.1. The zero-order chi connectivity index (χ0) is 16.8. The van der Waals surface area contributed by atoms with Crippen LogP contribution in [0, 0.1) is 0 Å². The molecule has 0 aliphatic rings. The molecule has 7 heteroatoms. The van der Waals surface area contributed by atoms with Gasteiger partial charge in [-0.05, 0) is 30.5 Å². The van der Waals surface area contributed by atoms with Gasteiger partial charge in [-0.3, -0.25) is 0 Å². The Morgan fingerprint density at radius 3 is 2.48 bits per heavy atom. The van der Waals surface area contributed by atoms with Gasteiger partial charge < -0.3 is 20.1 Å². The van der Waals surface area contributed by atoms with Crippen LogP contribution in [0.3, 0.4) is 0 Å². The van der Waals surface area contributed by atoms with E-state index in [0.29, 0.717) is 27.9 Å². The van der Waals surface area contributed by atoms with Crippen LogP contribution in [0.2, 0.25) is 5.02 Å². The molecule has 0 aliphatic heterocycles. The number of carbonyl (C=O) groups excluding carboxylic acids is 1. The number of carbonyl (C=O) groups is 1. The number of rotatable bonds is 5. The molecular formula is C16H17ClN2O3S. The summed E-state index contributed by atoms with van der Waals surface area (Å²) >= 11 is 7.69. The number of methoxy groups -OCH3 is 2. The predicted octanol–water partition coefficient (Wildman–Crippen LogP) is 4.72. The van der Waals surface area contributed by atoms with E-state index in [-0.39, 0.29) is 6.03 Å². The third kappa shape index (κ3) is 4.46. The lowest BCUT2D eigenvalue weighted by Gasteiger charge is -2.14. The first-order chi connectivity index (χ1) is 11.1. The van der Waals surface area contributed by atoms with E-state index in [1.165, 1.54) is 14.2 Å². The first-order valence-electron chi connectivity index (χ1n) is 6.71. The first kappa shape index (κ1) is 17.3. The summed E-state index contributed by atoms with van der Waals surface area (Å²) in [6.07, 6.45) is 1.98. The molecule has 0 aromatic heterocycles. The topological polar surface area (TPSA) is 59.6 Å². The molecule has 0 saturated carbocycles. The molecule has 0 atom stereocenters. The Bertz CT molecular complexity index is 710. The first-order valence-corrected chi connectivity index (χ1v) is 8.31. The van der Waals surface area contributed by atoms with E-state index >= 15 is 0 Å². The van der Waals surface area contributed by atoms with Gasteiger partial charge in [-0.1, -0.05) is 17.7 Å². The van der Waals surface area contributed by atoms with Crippen molar-refractivity contribution in [3.05, 3.63) is 41.4 Å². The lowest BCUT2D eigenvalue weighted by Crippen LogP contribution is -2.19. The maximum Gasteiger partial charge on any atom is 0.323 e. The molecule has 2 aromatic rings. The van der Waals surface area contributed by atoms with E-state index in [0.717, 1.165) is 4.90 Å². The number of nitrogens with one attached hydrogen (secondary N) is 2. The summed E-state index contributed by atoms with van der Waals surface area (Å²) in [4.78, 5) is 13.2. The molecule has 2 N–H and O–H groups in total. The van der Waals surface area contributed by atoms with Gasteiger partial charge >= 0.3 is 6.03 Å². The maximum absolute atomic E-state index is 12.2. The number of benzene rings is 2. The third-order valence-corrected chi connectivity index (χ3v) is 4.07. The number of hydrogen-bond acceptors (Lipinski definition) is 4. The fourth-order valence-corrected chi connectivity index (χ4v) is 2.64. The molecule has 0 fully saturated rings. The summed E-state index contributed by atoms with van der Waals surface area (Å²) in [5.41, 5.74) is 1.16. The van der Waals surface area contributed by atoms with Crippen LogP contribution in [0.15, 0.2) is 41.3 Å². The SMILES string of the molecule is COc1cc(OC)c(NC(=O)Nc2cccc(SC)c2)cc1Cl. The second-order valence-corrected chi connectivity index (χ2v) is 5.78. The van der Waals surface area contributed by atoms with Crippen molar-refractivity contribution in [2.45, 2.75) is 4.90 Å². The minimum Gasteiger partial charge on any atom is -0.495 e. The fourth-order valence-electron chi connectivity index (χ4n) is 1.94. The molecular weight excluding hydrogens is 336 g/mol. The Kier molecular flexibility index (Phi) is 6.01. The number of thioether (sulfide) groups is 1. The molecule has 0 spiro atoms. The highest BCUT2D eigenvalue weighted by molar-refractivity contribution is 7.98. The number of hydrogen-bond donors (Lipinski definition) is 2. The second kappa shape index (κ2) is 7.99. The smallest absolute Gasteiger partial charge is 0.323 e. The van der Waals surface area contributed by atoms with Crippen molar-refractivity contribution in [1.29, 1.82) is 0 Å². The van der Waals surface area contributed by atoms with Crippen molar-refractivity contribution in [3.8, 4) is 11.5 Å². The van der Waals surface area contributed by atoms with Crippen molar-refractivity contribution in [3.63, 3.8) is 0 Å². The third-order valence-electron chi connectivity index (χ3n) is 3.05. The monoisotopic (exact) mass is 352 g/mol. The number of halogens is 1. The van der Waals surface area contributed by atoms with E-state index in [1.807, 2.05) is 30.5 Å². The van der Waals surface area contributed by atoms with Crippen LogP contribution in [0.25, 0.3) is 0 Å². The molecule has 0 aliphatic carbocycles. The molecule has 5 nitrogen and oxygen atoms in total. The highest BCUT2D eigenvalue weighted by atomic mass is 35.5. The predicted molar refractivity (Wildman–Crippen MR) is 95.4 cm³/mol. The Balaban J connectivity index is 2.14. The van der Waals surface area contributed by atoms with E-state index < -0.39 is 0 Å². The van der Waals surface area contributed by atoms with Gasteiger partial charge in [0, 0.05) is 16.6 Å². The van der Waals surface area contributed by atoms with Gasteiger partial charge in [0.2, 0.25) is 0 Å². The van der Waals surface area contributed by atoms with E-state index in [2.05, 4.69) is 10.6 Å². The van der Waals surface area contributed by atoms with Gasteiger partial charge in [0.1, 0.15) is 11.5 Å². The van der Waals surface area contributed by atoms with Gasteiger partial charge in [0.25, 0.3) is 0 Å². The Hall–Kier alpha value is -2.05. The highest BCUT2D eigenvalue weighted by Gasteiger charge is 2.12. The van der Waals surface area contributed by atoms with Crippen LogP contribution in [0.4, 0.5) is 16.2 Å². The summed E-state index contributed by atoms with van der Waals surface area (Å²) in [5, 5.41) is 5.87. The fraction of sp³-hybridized carbons (Fsp3) is 0.188. The molecule has 23 heavy (non-hydrogen) atoms. The van der Waals surface area contributed by atoms with Crippen LogP contribution < -0.4 is 20.1 Å². The van der Waals surface area contributed by atoms with Crippen LogP contribution in [0.5, 0.6) is 11.5 Å². The van der Waals surface area contributed by atoms with Gasteiger partial charge in [0.05, 0.1) is 24.9 Å². The molecule has 0 saturated heterocycles. The summed E-state index contributed by atoms with van der Waals surface area (Å²) in [5.74, 6) is 0.932. The molecule has 0 bridgehead atoms. The minimum absolute atomic E-state index is 0.382. The lowest BCUT2D eigenvalue weighted by atomic mass is 10.2. The zero-order valence-electron chi connectivity index (χ0n) is 13.0. The average Bonchev–Trinajstić information content (AvgIpc) is 2.55. The van der Waals surface area contributed by atoms with Gasteiger partial charge in [-0.2, -0.15) is 0 Å². The molecule has 2 rings (SSSR count). The molecule has 0 heterocycles. The maximum atomic E-state index is 12.2. The van der Waals surface area contributed by atoms with Crippen LogP contribution in [0.1, 0.15) is 0 Å². The molecule has 0 unspecified atom stereocenters. The summed E-state index contributed by atoms with van der Waals surface area (Å²) in [7, 11) is 3.02. The van der Waals surface area contributed by atoms with Crippen LogP contribution in [-0.4, -0.2) is 26.5 Å². The summed E-state index contributed by atoms with van der Waals surface area (Å²) < 4.78 is 10.4. The number of anilines is 2. The van der Waals surface area contributed by atoms with Crippen LogP contribution >= 0.6 is 23.4 Å². The molecule has 2 aromatic carbocycles. The summed E-state index contributed by atoms with van der Waals surface area (Å²) in [6.45, 7) is 0. The standard InChI is InChI=1S/C16H17ClN2O3S/c1-21-14-9-15(22-2)13(8-12(14)17)19-16(20)18-10-5-4-6-11(7-10)23-3/h4-9H,1-3H3,(H2,18,19,20). The van der Waals surface area contributed by atoms with Crippen molar-refractivity contribution >= 4 is 40.8 Å². The Labute approximate surface area is 144 Å². The number of ether oxygens (including phenoxy) is 2. The molecule has 2 amide bonds. The minimum atomic E-state index is -0.386. The highest BCUT2D eigenvalue weighted by Crippen LogP contribution is 2.35. The van der Waals surface area contributed by atoms with E-state index in [1.54, 1.807) is 23.9 Å². The van der Waals surface area contributed by atoms with Crippen molar-refractivity contribution in [2.24, 2.45) is 0 Å². The molecule has 122 valence electrons. The van der Waals surface area contributed by atoms with Gasteiger partial charge in [0.15, 0.2) is 0 Å². The average molecular weight is 353 g/mol. The quantitative estimate of drug-likeness (QED) is 0.764. The second-order valence-electron chi connectivity index (χ2n) is 4.50. The van der Waals surface area contributed by atoms with Crippen molar-refractivity contribution in [1.82, 2.24) is 0 Å². The van der Waals surface area contributed by atoms with E-state index in [9.17, 15) is 4.79 Å². The molecule has 0 radical (unpaired) electrons. The van der Waals surface area contributed by atoms with Crippen LogP contribution in [-0.2, 0) is 0 Å². The van der Waals surface area contributed by atoms with E-state index in [4.69, 9.17) is 21.1 Å². The largest absolute Gasteiger partial charge is 0.495 e. The zero-order valence-corrected chi connectivity index (χ0v) is 14.5. The number of amides is 2. The van der Waals surface area contributed by atoms with Crippen molar-refractivity contribution < 1.29 is 14.3 Å². The lowest BCUT2D eigenvalue weighted by molar-refractivity contribution is 0.262. The number of urea groups is 1. The Morgan fingerprint density at radius 2 is 1.83 bits per heavy atom. The summed E-state index contributed by atoms with van der Waals surface area (Å²) in [6, 6.07) is 10.4. The van der Waals surface area contributed by atoms with Gasteiger partial charge in [-0.25, -0.2) is 4.79 Å².